The van der Waals surface area contributed by atoms with Crippen molar-refractivity contribution in [1.82, 2.24) is 20.2 Å². The fourth-order valence-electron chi connectivity index (χ4n) is 3.58. The van der Waals surface area contributed by atoms with Gasteiger partial charge in [0, 0.05) is 12.7 Å². The second kappa shape index (κ2) is 7.98. The summed E-state index contributed by atoms with van der Waals surface area (Å²) in [5.41, 5.74) is 1.30. The molecule has 0 bridgehead atoms. The molecule has 9 nitrogen and oxygen atoms in total. The van der Waals surface area contributed by atoms with Crippen molar-refractivity contribution in [3.8, 4) is 11.5 Å². The third-order valence-corrected chi connectivity index (χ3v) is 5.08. The summed E-state index contributed by atoms with van der Waals surface area (Å²) in [6.45, 7) is 8.08. The van der Waals surface area contributed by atoms with Crippen LogP contribution in [0.15, 0.2) is 18.2 Å². The van der Waals surface area contributed by atoms with Crippen molar-refractivity contribution in [2.24, 2.45) is 0 Å². The Bertz CT molecular complexity index is 729. The molecule has 0 radical (unpaired) electrons. The molecule has 9 heteroatoms. The number of quaternary nitrogens is 2. The van der Waals surface area contributed by atoms with Crippen molar-refractivity contribution in [3.05, 3.63) is 29.6 Å². The highest BCUT2D eigenvalue weighted by Gasteiger charge is 2.25. The number of piperazine rings is 1. The fourth-order valence-corrected chi connectivity index (χ4v) is 3.58. The molecule has 26 heavy (non-hydrogen) atoms. The molecule has 4 rings (SSSR count). The van der Waals surface area contributed by atoms with Gasteiger partial charge in [-0.2, -0.15) is 0 Å². The second-order valence-electron chi connectivity index (χ2n) is 6.85. The topological polar surface area (TPSA) is 80.2 Å². The first-order valence-electron chi connectivity index (χ1n) is 9.11. The molecule has 2 aromatic rings. The van der Waals surface area contributed by atoms with Crippen LogP contribution in [0, 0.1) is 0 Å². The number of ether oxygens (including phenoxy) is 3. The van der Waals surface area contributed by atoms with Crippen LogP contribution >= 0.6 is 0 Å². The lowest BCUT2D eigenvalue weighted by Crippen LogP contribution is -3.27. The largest absolute Gasteiger partial charge is 0.454 e. The molecule has 0 spiro atoms. The predicted octanol–water partition coefficient (Wildman–Crippen LogP) is -2.47. The molecular formula is C17H26N6O3+2. The molecule has 140 valence electrons. The zero-order valence-electron chi connectivity index (χ0n) is 15.1. The van der Waals surface area contributed by atoms with Crippen molar-refractivity contribution in [2.75, 3.05) is 46.7 Å². The fraction of sp³-hybridized carbons (Fsp3) is 0.588. The number of nitrogens with one attached hydrogen (secondary N) is 2. The first-order chi connectivity index (χ1) is 12.8. The van der Waals surface area contributed by atoms with E-state index >= 15 is 0 Å². The van der Waals surface area contributed by atoms with E-state index in [-0.39, 0.29) is 0 Å². The standard InChI is InChI=1S/C17H24N6O3/c1-24-9-8-23-17(18-19-20-23)12-22-6-4-21(5-7-22)11-14-2-3-15-16(10-14)26-13-25-15/h2-3,10H,4-9,11-13H2,1H3/p+2. The number of rotatable bonds is 7. The summed E-state index contributed by atoms with van der Waals surface area (Å²) in [5, 5.41) is 12.0. The molecule has 0 amide bonds. The number of nitrogens with zero attached hydrogens (tertiary/aromatic N) is 4. The summed E-state index contributed by atoms with van der Waals surface area (Å²) in [6.07, 6.45) is 0. The Hall–Kier alpha value is -2.23. The van der Waals surface area contributed by atoms with E-state index in [0.29, 0.717) is 19.9 Å². The Balaban J connectivity index is 1.27. The van der Waals surface area contributed by atoms with Gasteiger partial charge in [-0.25, -0.2) is 4.68 Å². The van der Waals surface area contributed by atoms with E-state index in [2.05, 4.69) is 27.7 Å². The van der Waals surface area contributed by atoms with Gasteiger partial charge in [0.2, 0.25) is 12.6 Å². The summed E-state index contributed by atoms with van der Waals surface area (Å²) in [6, 6.07) is 6.26. The minimum Gasteiger partial charge on any atom is -0.454 e. The van der Waals surface area contributed by atoms with E-state index in [4.69, 9.17) is 14.2 Å². The third kappa shape index (κ3) is 3.95. The number of hydrogen-bond donors (Lipinski definition) is 2. The molecule has 0 aliphatic carbocycles. The van der Waals surface area contributed by atoms with Gasteiger partial charge in [-0.05, 0) is 28.6 Å². The Morgan fingerprint density at radius 1 is 1.08 bits per heavy atom. The van der Waals surface area contributed by atoms with Crippen LogP contribution < -0.4 is 19.3 Å². The van der Waals surface area contributed by atoms with Crippen LogP contribution in [0.5, 0.6) is 11.5 Å². The van der Waals surface area contributed by atoms with Gasteiger partial charge < -0.3 is 24.0 Å². The van der Waals surface area contributed by atoms with Crippen LogP contribution in [0.3, 0.4) is 0 Å². The minimum absolute atomic E-state index is 0.331. The van der Waals surface area contributed by atoms with Crippen LogP contribution in [0.25, 0.3) is 0 Å². The number of aromatic nitrogens is 4. The van der Waals surface area contributed by atoms with Crippen LogP contribution in [-0.4, -0.2) is 66.9 Å². The van der Waals surface area contributed by atoms with Gasteiger partial charge >= 0.3 is 0 Å². The molecule has 1 fully saturated rings. The number of methoxy groups -OCH3 is 1. The zero-order valence-corrected chi connectivity index (χ0v) is 15.1. The van der Waals surface area contributed by atoms with E-state index in [0.717, 1.165) is 56.6 Å². The summed E-state index contributed by atoms with van der Waals surface area (Å²) < 4.78 is 17.8. The summed E-state index contributed by atoms with van der Waals surface area (Å²) in [5.74, 6) is 2.66. The normalized spacial score (nSPS) is 21.9. The maximum Gasteiger partial charge on any atom is 0.231 e. The molecule has 0 atom stereocenters. The molecule has 0 unspecified atom stereocenters. The first kappa shape index (κ1) is 17.2. The van der Waals surface area contributed by atoms with Crippen LogP contribution in [0.1, 0.15) is 11.4 Å². The summed E-state index contributed by atoms with van der Waals surface area (Å²) >= 11 is 0. The van der Waals surface area contributed by atoms with Crippen molar-refractivity contribution < 1.29 is 24.0 Å². The van der Waals surface area contributed by atoms with Crippen LogP contribution in [0.4, 0.5) is 0 Å². The minimum atomic E-state index is 0.331. The summed E-state index contributed by atoms with van der Waals surface area (Å²) in [7, 11) is 1.69. The van der Waals surface area contributed by atoms with E-state index in [1.807, 2.05) is 10.7 Å². The third-order valence-electron chi connectivity index (χ3n) is 5.08. The quantitative estimate of drug-likeness (QED) is 0.568. The number of benzene rings is 1. The van der Waals surface area contributed by atoms with Gasteiger partial charge in [-0.1, -0.05) is 0 Å². The molecular weight excluding hydrogens is 336 g/mol. The maximum atomic E-state index is 5.48. The van der Waals surface area contributed by atoms with Crippen LogP contribution in [-0.2, 0) is 24.4 Å². The lowest BCUT2D eigenvalue weighted by atomic mass is 10.1. The average molecular weight is 362 g/mol. The van der Waals surface area contributed by atoms with Gasteiger partial charge in [0.25, 0.3) is 0 Å². The number of hydrogen-bond acceptors (Lipinski definition) is 6. The molecule has 1 aromatic carbocycles. The van der Waals surface area contributed by atoms with Gasteiger partial charge in [-0.3, -0.25) is 0 Å². The molecule has 2 aliphatic heterocycles. The van der Waals surface area contributed by atoms with E-state index in [1.54, 1.807) is 12.0 Å². The molecule has 3 heterocycles. The predicted molar refractivity (Wildman–Crippen MR) is 91.1 cm³/mol. The smallest absolute Gasteiger partial charge is 0.231 e. The molecule has 0 saturated carbocycles. The molecule has 2 aliphatic rings. The highest BCUT2D eigenvalue weighted by atomic mass is 16.7. The van der Waals surface area contributed by atoms with Gasteiger partial charge in [0.1, 0.15) is 39.3 Å². The van der Waals surface area contributed by atoms with Gasteiger partial charge in [0.05, 0.1) is 13.2 Å². The lowest BCUT2D eigenvalue weighted by molar-refractivity contribution is -1.02. The maximum absolute atomic E-state index is 5.48. The Morgan fingerprint density at radius 2 is 1.85 bits per heavy atom. The zero-order chi connectivity index (χ0) is 17.8. The number of tetrazole rings is 1. The van der Waals surface area contributed by atoms with E-state index in [1.165, 1.54) is 10.5 Å². The van der Waals surface area contributed by atoms with Crippen molar-refractivity contribution in [2.45, 2.75) is 19.6 Å². The van der Waals surface area contributed by atoms with Crippen molar-refractivity contribution in [3.63, 3.8) is 0 Å². The van der Waals surface area contributed by atoms with Crippen molar-refractivity contribution >= 4 is 0 Å². The van der Waals surface area contributed by atoms with Gasteiger partial charge in [-0.15, -0.1) is 5.10 Å². The number of fused-ring (bicyclic) bond motifs is 1. The first-order valence-corrected chi connectivity index (χ1v) is 9.11. The Kier molecular flexibility index (Phi) is 5.28. The Morgan fingerprint density at radius 3 is 2.65 bits per heavy atom. The second-order valence-corrected chi connectivity index (χ2v) is 6.85. The molecule has 1 aromatic heterocycles. The van der Waals surface area contributed by atoms with Gasteiger partial charge in [0.15, 0.2) is 11.5 Å². The van der Waals surface area contributed by atoms with E-state index < -0.39 is 0 Å². The SMILES string of the molecule is COCCn1nnnc1C[NH+]1CC[NH+](Cc2ccc3c(c2)OCO3)CC1. The lowest BCUT2D eigenvalue weighted by Gasteiger charge is -2.29. The monoisotopic (exact) mass is 362 g/mol. The molecule has 2 N–H and O–H groups in total. The molecule has 1 saturated heterocycles. The Labute approximate surface area is 152 Å². The highest BCUT2D eigenvalue weighted by molar-refractivity contribution is 5.44. The van der Waals surface area contributed by atoms with Crippen molar-refractivity contribution in [1.29, 1.82) is 0 Å². The van der Waals surface area contributed by atoms with Crippen LogP contribution in [0.2, 0.25) is 0 Å². The highest BCUT2D eigenvalue weighted by Crippen LogP contribution is 2.32. The summed E-state index contributed by atoms with van der Waals surface area (Å²) in [4.78, 5) is 3.14. The van der Waals surface area contributed by atoms with E-state index in [9.17, 15) is 0 Å². The average Bonchev–Trinajstić information content (AvgIpc) is 3.30.